The van der Waals surface area contributed by atoms with E-state index in [1.165, 1.54) is 16.7 Å². The summed E-state index contributed by atoms with van der Waals surface area (Å²) in [6.07, 6.45) is 2.86. The van der Waals surface area contributed by atoms with Crippen LogP contribution >= 0.6 is 15.9 Å². The fourth-order valence-electron chi connectivity index (χ4n) is 3.08. The van der Waals surface area contributed by atoms with Crippen molar-refractivity contribution in [1.29, 1.82) is 0 Å². The lowest BCUT2D eigenvalue weighted by Crippen LogP contribution is -1.93. The summed E-state index contributed by atoms with van der Waals surface area (Å²) in [5.74, 6) is 1.05. The van der Waals surface area contributed by atoms with Crippen molar-refractivity contribution >= 4 is 27.0 Å². The molecule has 3 heteroatoms. The monoisotopic (exact) mass is 390 g/mol. The fraction of sp³-hybridized carbons (Fsp3) is 0.136. The molecular formula is C22H19BrN2. The molecule has 0 radical (unpaired) electrons. The zero-order valence-corrected chi connectivity index (χ0v) is 15.5. The highest BCUT2D eigenvalue weighted by Crippen LogP contribution is 2.18. The number of nitrogens with zero attached hydrogens (tertiary/aromatic N) is 1. The first-order valence-corrected chi connectivity index (χ1v) is 9.31. The van der Waals surface area contributed by atoms with E-state index in [1.807, 2.05) is 0 Å². The molecule has 0 atom stereocenters. The molecule has 0 aliphatic rings. The summed E-state index contributed by atoms with van der Waals surface area (Å²) in [5.41, 5.74) is 6.13. The van der Waals surface area contributed by atoms with Crippen molar-refractivity contribution in [3.8, 4) is 0 Å². The number of hydrogen-bond acceptors (Lipinski definition) is 1. The lowest BCUT2D eigenvalue weighted by atomic mass is 10.0. The zero-order valence-electron chi connectivity index (χ0n) is 13.9. The Labute approximate surface area is 156 Å². The lowest BCUT2D eigenvalue weighted by Gasteiger charge is -2.01. The Balaban J connectivity index is 1.49. The van der Waals surface area contributed by atoms with Gasteiger partial charge in [-0.05, 0) is 53.8 Å². The summed E-state index contributed by atoms with van der Waals surface area (Å²) in [4.78, 5) is 8.21. The second-order valence-corrected chi connectivity index (χ2v) is 7.24. The van der Waals surface area contributed by atoms with Gasteiger partial charge in [0.05, 0.1) is 11.0 Å². The summed E-state index contributed by atoms with van der Waals surface area (Å²) < 4.78 is 1.12. The number of rotatable bonds is 5. The number of H-pyrrole nitrogens is 1. The highest BCUT2D eigenvalue weighted by Gasteiger charge is 2.05. The number of imidazole rings is 1. The van der Waals surface area contributed by atoms with Gasteiger partial charge in [0.15, 0.2) is 0 Å². The molecule has 1 heterocycles. The molecule has 1 N–H and O–H groups in total. The summed E-state index contributed by atoms with van der Waals surface area (Å²) in [6.45, 7) is 0. The summed E-state index contributed by atoms with van der Waals surface area (Å²) in [7, 11) is 0. The van der Waals surface area contributed by atoms with Crippen LogP contribution in [0.4, 0.5) is 0 Å². The molecule has 0 amide bonds. The van der Waals surface area contributed by atoms with Crippen LogP contribution in [-0.4, -0.2) is 9.97 Å². The molecule has 0 fully saturated rings. The Morgan fingerprint density at radius 2 is 1.52 bits per heavy atom. The molecule has 2 nitrogen and oxygen atoms in total. The molecular weight excluding hydrogens is 372 g/mol. The lowest BCUT2D eigenvalue weighted by molar-refractivity contribution is 0.890. The molecule has 0 saturated carbocycles. The van der Waals surface area contributed by atoms with Crippen LogP contribution in [0.5, 0.6) is 0 Å². The molecule has 0 aliphatic heterocycles. The zero-order chi connectivity index (χ0) is 17.1. The molecule has 0 saturated heterocycles. The summed E-state index contributed by atoms with van der Waals surface area (Å²) in [6, 6.07) is 25.6. The van der Waals surface area contributed by atoms with Gasteiger partial charge in [-0.15, -0.1) is 0 Å². The van der Waals surface area contributed by atoms with E-state index in [4.69, 9.17) is 4.98 Å². The van der Waals surface area contributed by atoms with E-state index in [2.05, 4.69) is 93.7 Å². The average molecular weight is 391 g/mol. The minimum atomic E-state index is 0.921. The van der Waals surface area contributed by atoms with Crippen LogP contribution < -0.4 is 0 Å². The summed E-state index contributed by atoms with van der Waals surface area (Å²) >= 11 is 3.48. The Morgan fingerprint density at radius 1 is 0.760 bits per heavy atom. The van der Waals surface area contributed by atoms with Gasteiger partial charge >= 0.3 is 0 Å². The van der Waals surface area contributed by atoms with E-state index in [0.29, 0.717) is 0 Å². The molecule has 0 spiro atoms. The van der Waals surface area contributed by atoms with Crippen LogP contribution in [0.15, 0.2) is 77.3 Å². The van der Waals surface area contributed by atoms with Gasteiger partial charge in [0.2, 0.25) is 0 Å². The van der Waals surface area contributed by atoms with Crippen molar-refractivity contribution in [2.75, 3.05) is 0 Å². The topological polar surface area (TPSA) is 28.7 Å². The standard InChI is InChI=1S/C22H19BrN2/c23-19-10-6-16(7-11-19)9-13-22-24-20-12-8-18(15-21(20)25-22)14-17-4-2-1-3-5-17/h1-8,10-12,15H,9,13-14H2,(H,24,25). The predicted molar refractivity (Wildman–Crippen MR) is 107 cm³/mol. The molecule has 0 aliphatic carbocycles. The van der Waals surface area contributed by atoms with Gasteiger partial charge < -0.3 is 4.98 Å². The maximum absolute atomic E-state index is 4.73. The number of fused-ring (bicyclic) bond motifs is 1. The SMILES string of the molecule is Brc1ccc(CCc2nc3ccc(Cc4ccccc4)cc3[nH]2)cc1. The first kappa shape index (κ1) is 16.1. The first-order chi connectivity index (χ1) is 12.3. The molecule has 0 unspecified atom stereocenters. The number of hydrogen-bond donors (Lipinski definition) is 1. The molecule has 1 aromatic heterocycles. The average Bonchev–Trinajstić information content (AvgIpc) is 3.04. The summed E-state index contributed by atoms with van der Waals surface area (Å²) in [5, 5.41) is 0. The van der Waals surface area contributed by atoms with Crippen LogP contribution in [0, 0.1) is 0 Å². The molecule has 4 rings (SSSR count). The largest absolute Gasteiger partial charge is 0.342 e. The number of aromatic nitrogens is 2. The third-order valence-electron chi connectivity index (χ3n) is 4.41. The Morgan fingerprint density at radius 3 is 2.32 bits per heavy atom. The number of aromatic amines is 1. The van der Waals surface area contributed by atoms with E-state index in [0.717, 1.165) is 40.6 Å². The third kappa shape index (κ3) is 3.99. The maximum atomic E-state index is 4.73. The first-order valence-electron chi connectivity index (χ1n) is 8.52. The minimum Gasteiger partial charge on any atom is -0.342 e. The highest BCUT2D eigenvalue weighted by molar-refractivity contribution is 9.10. The van der Waals surface area contributed by atoms with Crippen molar-refractivity contribution in [3.05, 3.63) is 99.8 Å². The van der Waals surface area contributed by atoms with Gasteiger partial charge in [-0.1, -0.05) is 64.5 Å². The smallest absolute Gasteiger partial charge is 0.107 e. The normalized spacial score (nSPS) is 11.1. The number of nitrogens with one attached hydrogen (secondary N) is 1. The van der Waals surface area contributed by atoms with Crippen LogP contribution in [0.2, 0.25) is 0 Å². The van der Waals surface area contributed by atoms with Gasteiger partial charge in [0.25, 0.3) is 0 Å². The van der Waals surface area contributed by atoms with E-state index in [-0.39, 0.29) is 0 Å². The van der Waals surface area contributed by atoms with Crippen LogP contribution in [0.1, 0.15) is 22.5 Å². The predicted octanol–water partition coefficient (Wildman–Crippen LogP) is 5.70. The Hall–Kier alpha value is -2.39. The quantitative estimate of drug-likeness (QED) is 0.464. The number of benzene rings is 3. The highest BCUT2D eigenvalue weighted by atomic mass is 79.9. The molecule has 0 bridgehead atoms. The number of aryl methyl sites for hydroxylation is 2. The molecule has 25 heavy (non-hydrogen) atoms. The second kappa shape index (κ2) is 7.24. The van der Waals surface area contributed by atoms with Gasteiger partial charge in [0.1, 0.15) is 5.82 Å². The molecule has 4 aromatic rings. The van der Waals surface area contributed by atoms with Crippen molar-refractivity contribution in [2.24, 2.45) is 0 Å². The van der Waals surface area contributed by atoms with E-state index in [9.17, 15) is 0 Å². The third-order valence-corrected chi connectivity index (χ3v) is 4.94. The minimum absolute atomic E-state index is 0.921. The fourth-order valence-corrected chi connectivity index (χ4v) is 3.35. The molecule has 124 valence electrons. The maximum Gasteiger partial charge on any atom is 0.107 e. The van der Waals surface area contributed by atoms with Gasteiger partial charge in [-0.25, -0.2) is 4.98 Å². The van der Waals surface area contributed by atoms with E-state index >= 15 is 0 Å². The van der Waals surface area contributed by atoms with Crippen LogP contribution in [-0.2, 0) is 19.3 Å². The van der Waals surface area contributed by atoms with Crippen molar-refractivity contribution in [3.63, 3.8) is 0 Å². The van der Waals surface area contributed by atoms with Crippen LogP contribution in [0.3, 0.4) is 0 Å². The van der Waals surface area contributed by atoms with Crippen molar-refractivity contribution in [1.82, 2.24) is 9.97 Å². The van der Waals surface area contributed by atoms with Crippen molar-refractivity contribution < 1.29 is 0 Å². The van der Waals surface area contributed by atoms with Gasteiger partial charge in [0, 0.05) is 10.9 Å². The van der Waals surface area contributed by atoms with Gasteiger partial charge in [-0.2, -0.15) is 0 Å². The van der Waals surface area contributed by atoms with E-state index in [1.54, 1.807) is 0 Å². The Bertz CT molecular complexity index is 972. The molecule has 3 aromatic carbocycles. The Kier molecular flexibility index (Phi) is 4.66. The number of halogens is 1. The van der Waals surface area contributed by atoms with Gasteiger partial charge in [-0.3, -0.25) is 0 Å². The second-order valence-electron chi connectivity index (χ2n) is 6.32. The van der Waals surface area contributed by atoms with E-state index < -0.39 is 0 Å². The van der Waals surface area contributed by atoms with Crippen molar-refractivity contribution in [2.45, 2.75) is 19.3 Å². The van der Waals surface area contributed by atoms with Crippen LogP contribution in [0.25, 0.3) is 11.0 Å².